The van der Waals surface area contributed by atoms with E-state index in [1.165, 1.54) is 36.4 Å². The Morgan fingerprint density at radius 2 is 1.15 bits per heavy atom. The number of nitrogens with one attached hydrogen (secondary N) is 3. The van der Waals surface area contributed by atoms with Gasteiger partial charge in [0.15, 0.2) is 11.6 Å². The molecule has 1 aromatic heterocycles. The minimum atomic E-state index is -1.65. The molecule has 1 aliphatic heterocycles. The van der Waals surface area contributed by atoms with Crippen molar-refractivity contribution in [3.8, 4) is 0 Å². The number of amides is 5. The summed E-state index contributed by atoms with van der Waals surface area (Å²) in [6, 6.07) is 9.24. The summed E-state index contributed by atoms with van der Waals surface area (Å²) in [5.74, 6) is -8.01. The van der Waals surface area contributed by atoms with Crippen molar-refractivity contribution in [3.05, 3.63) is 140 Å². The SMILES string of the molecule is C=CC(=O)OCCCNC(=O)c1cc(NC(=O)c2cc(N3C(=O)c4c(Cl)c(Cl)c(Cl)c(Cl)c4C3=O)c3nc(C4C(=O)c5c(Cl)c(Cl)c(Cl)c(Cl)c5C4=O)ccc3c2)cc(C(=O)NCCCCN(CC)CC)c1. The lowest BCUT2D eigenvalue weighted by Gasteiger charge is -2.19. The molecular formula is C49H38Cl8N6O9. The number of rotatable bonds is 18. The Hall–Kier alpha value is -5.33. The number of fused-ring (bicyclic) bond motifs is 3. The number of hydrogen-bond acceptors (Lipinski definition) is 11. The largest absolute Gasteiger partial charge is 0.462 e. The molecular weight excluding hydrogens is 1100 g/mol. The number of carbonyl (C=O) groups is 8. The number of ether oxygens (including phenoxy) is 1. The topological polar surface area (TPSA) is 201 Å². The first-order valence-electron chi connectivity index (χ1n) is 21.9. The fourth-order valence-electron chi connectivity index (χ4n) is 8.11. The first-order valence-corrected chi connectivity index (χ1v) is 25.0. The van der Waals surface area contributed by atoms with Crippen LogP contribution in [0.3, 0.4) is 0 Å². The highest BCUT2D eigenvalue weighted by atomic mass is 35.5. The molecule has 7 rings (SSSR count). The van der Waals surface area contributed by atoms with Crippen molar-refractivity contribution >= 4 is 162 Å². The van der Waals surface area contributed by atoms with E-state index in [9.17, 15) is 38.4 Å². The van der Waals surface area contributed by atoms with E-state index in [4.69, 9.17) is 97.5 Å². The number of aromatic nitrogens is 1. The number of halogens is 8. The molecule has 2 heterocycles. The third-order valence-corrected chi connectivity index (χ3v) is 15.4. The zero-order valence-corrected chi connectivity index (χ0v) is 43.9. The maximum absolute atomic E-state index is 14.5. The zero-order chi connectivity index (χ0) is 52.5. The van der Waals surface area contributed by atoms with E-state index in [2.05, 4.69) is 46.3 Å². The molecule has 4 aromatic carbocycles. The summed E-state index contributed by atoms with van der Waals surface area (Å²) in [5.41, 5.74) is -2.23. The van der Waals surface area contributed by atoms with Crippen LogP contribution in [0.1, 0.15) is 117 Å². The van der Waals surface area contributed by atoms with E-state index in [1.807, 2.05) is 0 Å². The Morgan fingerprint density at radius 1 is 0.653 bits per heavy atom. The Morgan fingerprint density at radius 3 is 1.67 bits per heavy atom. The van der Waals surface area contributed by atoms with E-state index in [0.29, 0.717) is 17.9 Å². The smallest absolute Gasteiger partial charge is 0.330 e. The molecule has 374 valence electrons. The highest BCUT2D eigenvalue weighted by Crippen LogP contribution is 2.49. The van der Waals surface area contributed by atoms with Gasteiger partial charge in [0.1, 0.15) is 5.92 Å². The fraction of sp³-hybridized carbons (Fsp3) is 0.245. The molecule has 23 heteroatoms. The van der Waals surface area contributed by atoms with Crippen molar-refractivity contribution < 1.29 is 43.1 Å². The van der Waals surface area contributed by atoms with Crippen LogP contribution in [0.15, 0.2) is 55.1 Å². The fourth-order valence-corrected chi connectivity index (χ4v) is 10.2. The lowest BCUT2D eigenvalue weighted by molar-refractivity contribution is -0.137. The number of imide groups is 1. The van der Waals surface area contributed by atoms with Crippen molar-refractivity contribution in [2.75, 3.05) is 49.5 Å². The second-order valence-corrected chi connectivity index (χ2v) is 19.2. The van der Waals surface area contributed by atoms with Crippen LogP contribution in [-0.2, 0) is 9.53 Å². The highest BCUT2D eigenvalue weighted by Gasteiger charge is 2.47. The van der Waals surface area contributed by atoms with Gasteiger partial charge in [-0.15, -0.1) is 0 Å². The summed E-state index contributed by atoms with van der Waals surface area (Å²) >= 11 is 51.0. The Balaban J connectivity index is 1.28. The molecule has 2 aliphatic rings. The molecule has 0 saturated carbocycles. The lowest BCUT2D eigenvalue weighted by atomic mass is 9.97. The molecule has 1 aliphatic carbocycles. The Bertz CT molecular complexity index is 3110. The number of benzene rings is 4. The summed E-state index contributed by atoms with van der Waals surface area (Å²) in [6.45, 7) is 10.5. The van der Waals surface area contributed by atoms with E-state index in [0.717, 1.165) is 38.2 Å². The second-order valence-electron chi connectivity index (χ2n) is 16.1. The molecule has 0 saturated heterocycles. The molecule has 0 atom stereocenters. The van der Waals surface area contributed by atoms with Crippen LogP contribution in [0.5, 0.6) is 0 Å². The Labute approximate surface area is 451 Å². The van der Waals surface area contributed by atoms with Crippen LogP contribution in [0.4, 0.5) is 11.4 Å². The number of carbonyl (C=O) groups excluding carboxylic acids is 8. The minimum absolute atomic E-state index is 0.00446. The van der Waals surface area contributed by atoms with Crippen LogP contribution in [0.25, 0.3) is 10.9 Å². The second kappa shape index (κ2) is 22.8. The van der Waals surface area contributed by atoms with Gasteiger partial charge in [0, 0.05) is 46.9 Å². The molecule has 3 N–H and O–H groups in total. The van der Waals surface area contributed by atoms with Gasteiger partial charge in [-0.2, -0.15) is 0 Å². The molecule has 0 radical (unpaired) electrons. The van der Waals surface area contributed by atoms with Gasteiger partial charge in [-0.3, -0.25) is 33.6 Å². The highest BCUT2D eigenvalue weighted by molar-refractivity contribution is 6.57. The summed E-state index contributed by atoms with van der Waals surface area (Å²) < 4.78 is 4.97. The number of anilines is 2. The van der Waals surface area contributed by atoms with E-state index >= 15 is 0 Å². The van der Waals surface area contributed by atoms with Gasteiger partial charge in [0.05, 0.1) is 85.9 Å². The average Bonchev–Trinajstić information content (AvgIpc) is 3.79. The number of unbranched alkanes of at least 4 members (excludes halogenated alkanes) is 1. The monoisotopic (exact) mass is 1130 g/mol. The van der Waals surface area contributed by atoms with Gasteiger partial charge >= 0.3 is 5.97 Å². The number of Topliss-reactive ketones (excluding diaryl/α,β-unsaturated/α-hetero) is 2. The first kappa shape index (κ1) is 54.4. The van der Waals surface area contributed by atoms with Crippen LogP contribution < -0.4 is 20.9 Å². The molecule has 0 bridgehead atoms. The maximum Gasteiger partial charge on any atom is 0.330 e. The van der Waals surface area contributed by atoms with Gasteiger partial charge < -0.3 is 25.6 Å². The standard InChI is InChI=1S/C49H38Cl8N6O9/c1-4-28(64)72-15-9-13-59-46(68)23-17-22(45(67)58-12-7-8-14-62(5-2)6-3)18-25(19-23)60-47(69)24-16-21-10-11-26(29-43(65)30-31(44(29)66)35(51)39(55)38(54)34(30)50)61-42(21)27(20-24)63-48(70)32-33(49(63)71)37(53)41(57)40(56)36(32)52/h4,10-11,16-20,29H,1,5-9,12-15H2,2-3H3,(H,58,67)(H,59,68)(H,60,69). The van der Waals surface area contributed by atoms with Crippen LogP contribution in [0.2, 0.25) is 40.2 Å². The summed E-state index contributed by atoms with van der Waals surface area (Å²) in [7, 11) is 0. The molecule has 0 fully saturated rings. The van der Waals surface area contributed by atoms with Crippen molar-refractivity contribution in [2.45, 2.75) is 39.0 Å². The van der Waals surface area contributed by atoms with Crippen LogP contribution >= 0.6 is 92.8 Å². The van der Waals surface area contributed by atoms with E-state index < -0.39 is 64.1 Å². The minimum Gasteiger partial charge on any atom is -0.462 e. The zero-order valence-electron chi connectivity index (χ0n) is 37.8. The molecule has 72 heavy (non-hydrogen) atoms. The average molecular weight is 1140 g/mol. The van der Waals surface area contributed by atoms with Crippen molar-refractivity contribution in [1.29, 1.82) is 0 Å². The Kier molecular flexibility index (Phi) is 17.3. The maximum atomic E-state index is 14.5. The van der Waals surface area contributed by atoms with Gasteiger partial charge in [0.25, 0.3) is 29.5 Å². The predicted molar refractivity (Wildman–Crippen MR) is 279 cm³/mol. The summed E-state index contributed by atoms with van der Waals surface area (Å²) in [6.07, 6.45) is 2.75. The van der Waals surface area contributed by atoms with Crippen LogP contribution in [-0.4, -0.2) is 96.3 Å². The van der Waals surface area contributed by atoms with Gasteiger partial charge in [0.2, 0.25) is 0 Å². The lowest BCUT2D eigenvalue weighted by Crippen LogP contribution is -2.30. The van der Waals surface area contributed by atoms with Gasteiger partial charge in [-0.05, 0) is 75.3 Å². The number of ketones is 2. The molecule has 5 aromatic rings. The van der Waals surface area contributed by atoms with E-state index in [1.54, 1.807) is 0 Å². The van der Waals surface area contributed by atoms with Crippen molar-refractivity contribution in [2.24, 2.45) is 0 Å². The number of hydrogen-bond donors (Lipinski definition) is 3. The first-order chi connectivity index (χ1) is 34.2. The number of nitrogens with zero attached hydrogens (tertiary/aromatic N) is 3. The van der Waals surface area contributed by atoms with Gasteiger partial charge in [-0.25, -0.2) is 14.7 Å². The van der Waals surface area contributed by atoms with E-state index in [-0.39, 0.29) is 116 Å². The van der Waals surface area contributed by atoms with Crippen LogP contribution in [0, 0.1) is 0 Å². The molecule has 15 nitrogen and oxygen atoms in total. The quantitative estimate of drug-likeness (QED) is 0.0143. The van der Waals surface area contributed by atoms with Gasteiger partial charge in [-0.1, -0.05) is 119 Å². The third kappa shape index (κ3) is 10.5. The van der Waals surface area contributed by atoms with Crippen molar-refractivity contribution in [3.63, 3.8) is 0 Å². The summed E-state index contributed by atoms with van der Waals surface area (Å²) in [4.78, 5) is 117. The third-order valence-electron chi connectivity index (χ3n) is 11.8. The molecule has 0 spiro atoms. The molecule has 0 unspecified atom stereocenters. The summed E-state index contributed by atoms with van der Waals surface area (Å²) in [5, 5.41) is 5.86. The number of pyridine rings is 1. The number of esters is 1. The molecule has 5 amide bonds. The predicted octanol–water partition coefficient (Wildman–Crippen LogP) is 11.4. The van der Waals surface area contributed by atoms with Crippen molar-refractivity contribution in [1.82, 2.24) is 20.5 Å². The normalized spacial score (nSPS) is 13.2.